The van der Waals surface area contributed by atoms with Gasteiger partial charge in [-0.3, -0.25) is 4.79 Å². The van der Waals surface area contributed by atoms with Gasteiger partial charge in [0.05, 0.1) is 16.8 Å². The lowest BCUT2D eigenvalue weighted by Crippen LogP contribution is -2.41. The van der Waals surface area contributed by atoms with Crippen molar-refractivity contribution in [1.29, 1.82) is 0 Å². The van der Waals surface area contributed by atoms with Crippen LogP contribution in [0.1, 0.15) is 13.3 Å². The first kappa shape index (κ1) is 16.8. The van der Waals surface area contributed by atoms with Crippen LogP contribution in [-0.2, 0) is 14.6 Å². The number of halogens is 1. The third-order valence-corrected chi connectivity index (χ3v) is 7.46. The third kappa shape index (κ3) is 4.23. The Kier molecular flexibility index (Phi) is 5.38. The number of hydrogen-bond acceptors (Lipinski definition) is 4. The minimum atomic E-state index is -2.97. The Morgan fingerprint density at radius 2 is 2.10 bits per heavy atom. The first-order valence-electron chi connectivity index (χ1n) is 6.68. The average Bonchev–Trinajstić information content (AvgIpc) is 2.80. The van der Waals surface area contributed by atoms with Gasteiger partial charge in [-0.25, -0.2) is 8.42 Å². The van der Waals surface area contributed by atoms with Crippen molar-refractivity contribution in [2.45, 2.75) is 29.5 Å². The molecule has 1 aliphatic heterocycles. The summed E-state index contributed by atoms with van der Waals surface area (Å²) in [7, 11) is -1.27. The molecule has 2 atom stereocenters. The fourth-order valence-corrected chi connectivity index (χ4v) is 5.65. The molecule has 21 heavy (non-hydrogen) atoms. The highest BCUT2D eigenvalue weighted by Gasteiger charge is 2.34. The number of carbonyl (C=O) groups is 1. The maximum Gasteiger partial charge on any atom is 0.235 e. The van der Waals surface area contributed by atoms with Crippen molar-refractivity contribution in [3.05, 3.63) is 28.7 Å². The molecule has 1 amide bonds. The fraction of sp³-hybridized carbons (Fsp3) is 0.500. The molecule has 2 rings (SSSR count). The summed E-state index contributed by atoms with van der Waals surface area (Å²) in [5.74, 6) is 0.237. The van der Waals surface area contributed by atoms with Crippen molar-refractivity contribution in [3.63, 3.8) is 0 Å². The number of nitrogens with zero attached hydrogens (tertiary/aromatic N) is 1. The zero-order valence-electron chi connectivity index (χ0n) is 12.0. The van der Waals surface area contributed by atoms with Crippen molar-refractivity contribution in [1.82, 2.24) is 4.90 Å². The van der Waals surface area contributed by atoms with Crippen molar-refractivity contribution in [3.8, 4) is 0 Å². The highest BCUT2D eigenvalue weighted by atomic mass is 79.9. The molecule has 0 radical (unpaired) electrons. The van der Waals surface area contributed by atoms with Crippen LogP contribution in [0.4, 0.5) is 0 Å². The van der Waals surface area contributed by atoms with Crippen molar-refractivity contribution in [2.75, 3.05) is 18.6 Å². The van der Waals surface area contributed by atoms with E-state index in [0.29, 0.717) is 6.42 Å². The van der Waals surface area contributed by atoms with Gasteiger partial charge in [-0.2, -0.15) is 0 Å². The standard InChI is InChI=1S/C14H18BrNO3S2/c1-10(20-13-6-4-3-5-12(13)15)14(17)16(2)11-7-8-21(18,19)9-11/h3-6,10-11H,7-9H2,1-2H3. The third-order valence-electron chi connectivity index (χ3n) is 3.59. The molecular formula is C14H18BrNO3S2. The van der Waals surface area contributed by atoms with E-state index in [1.54, 1.807) is 11.9 Å². The van der Waals surface area contributed by atoms with Gasteiger partial charge < -0.3 is 4.90 Å². The number of carbonyl (C=O) groups excluding carboxylic acids is 1. The molecular weight excluding hydrogens is 374 g/mol. The van der Waals surface area contributed by atoms with Crippen molar-refractivity contribution in [2.24, 2.45) is 0 Å². The second kappa shape index (κ2) is 6.71. The second-order valence-corrected chi connectivity index (χ2v) is 9.66. The van der Waals surface area contributed by atoms with Crippen LogP contribution >= 0.6 is 27.7 Å². The smallest absolute Gasteiger partial charge is 0.235 e. The molecule has 0 aliphatic carbocycles. The normalized spacial score (nSPS) is 22.0. The van der Waals surface area contributed by atoms with Crippen LogP contribution in [0.5, 0.6) is 0 Å². The van der Waals surface area contributed by atoms with Gasteiger partial charge in [0.25, 0.3) is 0 Å². The fourth-order valence-electron chi connectivity index (χ4n) is 2.33. The van der Waals surface area contributed by atoms with Crippen molar-refractivity contribution >= 4 is 43.4 Å². The maximum absolute atomic E-state index is 12.5. The van der Waals surface area contributed by atoms with Gasteiger partial charge in [-0.15, -0.1) is 11.8 Å². The molecule has 1 heterocycles. The lowest BCUT2D eigenvalue weighted by atomic mass is 10.2. The largest absolute Gasteiger partial charge is 0.341 e. The predicted molar refractivity (Wildman–Crippen MR) is 89.3 cm³/mol. The number of rotatable bonds is 4. The van der Waals surface area contributed by atoms with Gasteiger partial charge in [0.2, 0.25) is 5.91 Å². The van der Waals surface area contributed by atoms with Gasteiger partial charge in [0, 0.05) is 22.5 Å². The van der Waals surface area contributed by atoms with Crippen LogP contribution < -0.4 is 0 Å². The highest BCUT2D eigenvalue weighted by molar-refractivity contribution is 9.10. The number of benzene rings is 1. The predicted octanol–water partition coefficient (Wildman–Crippen LogP) is 2.58. The molecule has 1 aromatic carbocycles. The number of hydrogen-bond donors (Lipinski definition) is 0. The summed E-state index contributed by atoms with van der Waals surface area (Å²) in [5.41, 5.74) is 0. The van der Waals surface area contributed by atoms with Gasteiger partial charge in [0.1, 0.15) is 0 Å². The number of amides is 1. The first-order valence-corrected chi connectivity index (χ1v) is 10.2. The van der Waals surface area contributed by atoms with Crippen molar-refractivity contribution < 1.29 is 13.2 Å². The van der Waals surface area contributed by atoms with Crippen LogP contribution in [0.25, 0.3) is 0 Å². The lowest BCUT2D eigenvalue weighted by Gasteiger charge is -2.26. The van der Waals surface area contributed by atoms with Gasteiger partial charge in [-0.1, -0.05) is 12.1 Å². The minimum Gasteiger partial charge on any atom is -0.341 e. The van der Waals surface area contributed by atoms with Crippen LogP contribution in [0.3, 0.4) is 0 Å². The summed E-state index contributed by atoms with van der Waals surface area (Å²) in [5, 5.41) is -0.253. The Hall–Kier alpha value is -0.530. The Balaban J connectivity index is 2.01. The van der Waals surface area contributed by atoms with E-state index in [1.165, 1.54) is 11.8 Å². The van der Waals surface area contributed by atoms with Crippen LogP contribution in [-0.4, -0.2) is 49.1 Å². The van der Waals surface area contributed by atoms with Gasteiger partial charge in [0.15, 0.2) is 9.84 Å². The Morgan fingerprint density at radius 1 is 1.43 bits per heavy atom. The van der Waals surface area contributed by atoms with E-state index in [1.807, 2.05) is 31.2 Å². The topological polar surface area (TPSA) is 54.5 Å². The van der Waals surface area contributed by atoms with E-state index in [4.69, 9.17) is 0 Å². The Bertz CT molecular complexity index is 633. The molecule has 2 unspecified atom stereocenters. The molecule has 1 aliphatic rings. The molecule has 0 bridgehead atoms. The summed E-state index contributed by atoms with van der Waals surface area (Å²) in [4.78, 5) is 15.1. The van der Waals surface area contributed by atoms with Crippen LogP contribution in [0.2, 0.25) is 0 Å². The second-order valence-electron chi connectivity index (χ2n) is 5.20. The zero-order valence-corrected chi connectivity index (χ0v) is 15.2. The summed E-state index contributed by atoms with van der Waals surface area (Å²) < 4.78 is 24.0. The molecule has 0 spiro atoms. The van der Waals surface area contributed by atoms with Gasteiger partial charge >= 0.3 is 0 Å². The van der Waals surface area contributed by atoms with E-state index < -0.39 is 9.84 Å². The molecule has 1 saturated heterocycles. The summed E-state index contributed by atoms with van der Waals surface area (Å²) in [6.45, 7) is 1.85. The molecule has 1 aromatic rings. The van der Waals surface area contributed by atoms with E-state index in [2.05, 4.69) is 15.9 Å². The van der Waals surface area contributed by atoms with E-state index in [-0.39, 0.29) is 28.7 Å². The molecule has 0 aromatic heterocycles. The number of thioether (sulfide) groups is 1. The molecule has 0 saturated carbocycles. The average molecular weight is 392 g/mol. The summed E-state index contributed by atoms with van der Waals surface area (Å²) >= 11 is 4.94. The Morgan fingerprint density at radius 3 is 2.67 bits per heavy atom. The number of sulfone groups is 1. The van der Waals surface area contributed by atoms with Crippen LogP contribution in [0.15, 0.2) is 33.6 Å². The minimum absolute atomic E-state index is 0.0298. The first-order chi connectivity index (χ1) is 9.80. The van der Waals surface area contributed by atoms with E-state index in [9.17, 15) is 13.2 Å². The molecule has 116 valence electrons. The Labute approximate surface area is 138 Å². The van der Waals surface area contributed by atoms with Gasteiger partial charge in [-0.05, 0) is 41.4 Å². The molecule has 0 N–H and O–H groups in total. The SMILES string of the molecule is CC(Sc1ccccc1Br)C(=O)N(C)C1CCS(=O)(=O)C1. The summed E-state index contributed by atoms with van der Waals surface area (Å²) in [6.07, 6.45) is 0.539. The maximum atomic E-state index is 12.5. The monoisotopic (exact) mass is 391 g/mol. The van der Waals surface area contributed by atoms with E-state index >= 15 is 0 Å². The molecule has 4 nitrogen and oxygen atoms in total. The highest BCUT2D eigenvalue weighted by Crippen LogP contribution is 2.31. The quantitative estimate of drug-likeness (QED) is 0.740. The van der Waals surface area contributed by atoms with Crippen LogP contribution in [0, 0.1) is 0 Å². The molecule has 7 heteroatoms. The molecule has 1 fully saturated rings. The lowest BCUT2D eigenvalue weighted by molar-refractivity contribution is -0.130. The summed E-state index contributed by atoms with van der Waals surface area (Å²) in [6, 6.07) is 7.56. The van der Waals surface area contributed by atoms with E-state index in [0.717, 1.165) is 9.37 Å². The zero-order chi connectivity index (χ0) is 15.6.